The maximum atomic E-state index is 14.5. The molecule has 12 aromatic rings. The molecule has 112 heavy (non-hydrogen) atoms. The lowest BCUT2D eigenvalue weighted by Crippen LogP contribution is -2.39. The van der Waals surface area contributed by atoms with Gasteiger partial charge in [-0.2, -0.15) is 10.5 Å². The number of nitrogens with zero attached hydrogens (tertiary/aromatic N) is 16. The van der Waals surface area contributed by atoms with Crippen molar-refractivity contribution in [2.75, 3.05) is 73.5 Å². The second kappa shape index (κ2) is 37.9. The number of thiophene rings is 2. The number of nitriles is 2. The molecule has 4 aliphatic rings. The van der Waals surface area contributed by atoms with E-state index in [9.17, 15) is 22.0 Å². The van der Waals surface area contributed by atoms with Crippen LogP contribution < -0.4 is 21.2 Å². The molecule has 3 atom stereocenters. The quantitative estimate of drug-likeness (QED) is 0.0551. The topological polar surface area (TPSA) is 238 Å². The summed E-state index contributed by atoms with van der Waals surface area (Å²) >= 11 is 15.4. The van der Waals surface area contributed by atoms with Gasteiger partial charge in [0.1, 0.15) is 96.2 Å². The maximum absolute atomic E-state index is 14.5. The van der Waals surface area contributed by atoms with E-state index in [4.69, 9.17) is 91.5 Å². The van der Waals surface area contributed by atoms with Crippen LogP contribution in [0, 0.1) is 51.7 Å². The molecule has 4 aliphatic heterocycles. The van der Waals surface area contributed by atoms with Gasteiger partial charge in [-0.25, -0.2) is 71.8 Å². The van der Waals surface area contributed by atoms with Gasteiger partial charge in [0, 0.05) is 163 Å². The molecule has 0 radical (unpaired) electrons. The molecule has 584 valence electrons. The lowest BCUT2D eigenvalue weighted by Gasteiger charge is -2.32. The van der Waals surface area contributed by atoms with Crippen LogP contribution >= 0.6 is 68.5 Å². The van der Waals surface area contributed by atoms with Crippen molar-refractivity contribution in [2.45, 2.75) is 160 Å². The SMILES string of the molecule is [2H]c1nc(N([2H])C2([2H])C([2H])([2H])C([2H])([2H])N(C([2H])([2H])c3ccc(F)c(F)c3)C([2H])([2H])C2([2H])[2H])c2c([2H])c(Cl)sc2n1.[2H]c1nc(N([2H])C2([2H])C([2H])([2H])CN(C([2H])c3cc(C#N)ccc3F)CC2([2H])[2H])c2c([2H])c(C([2H])(C)C)sc2n1.[2H]c1nc(N([2H])C2([2H])C([2H])([2H])CN(C([2H])c3ccc(F)c(C#N)c3)CC2([2H])[2H])c2nc(C([2H])(C)C)sc2n1.[2H]c1nc(N([2H])C2([2H])C([2H])([2H])CN(C([2H])c3ccc(F)c(Cl)c3)CC2([2H])[2H])c2nc(C([2H])(C)C)sc2n1. The van der Waals surface area contributed by atoms with Crippen LogP contribution in [0.1, 0.15) is 211 Å². The second-order valence-electron chi connectivity index (χ2n) is 24.3. The predicted molar refractivity (Wildman–Crippen MR) is 440 cm³/mol. The minimum atomic E-state index is -4.02. The van der Waals surface area contributed by atoms with Crippen LogP contribution in [0.2, 0.25) is 15.0 Å². The number of piperidine rings is 4. The van der Waals surface area contributed by atoms with Gasteiger partial charge < -0.3 is 21.2 Å². The van der Waals surface area contributed by atoms with Gasteiger partial charge in [-0.15, -0.1) is 22.7 Å². The highest BCUT2D eigenvalue weighted by atomic mass is 35.5. The molecule has 4 N–H and O–H groups in total. The Bertz CT molecular complexity index is 7440. The highest BCUT2D eigenvalue weighted by Crippen LogP contribution is 2.37. The summed E-state index contributed by atoms with van der Waals surface area (Å²) in [4.78, 5) is 42.7. The summed E-state index contributed by atoms with van der Waals surface area (Å²) in [6.07, 6.45) is -27.3. The van der Waals surface area contributed by atoms with Crippen molar-refractivity contribution in [3.05, 3.63) is 197 Å². The van der Waals surface area contributed by atoms with E-state index in [0.29, 0.717) is 33.8 Å². The van der Waals surface area contributed by atoms with E-state index in [2.05, 4.69) is 49.8 Å². The van der Waals surface area contributed by atoms with Gasteiger partial charge in [-0.1, -0.05) is 106 Å². The van der Waals surface area contributed by atoms with Gasteiger partial charge in [-0.05, 0) is 140 Å². The fourth-order valence-corrected chi connectivity index (χ4v) is 13.6. The number of halogens is 7. The number of likely N-dealkylation sites (tertiary alicyclic amines) is 4. The summed E-state index contributed by atoms with van der Waals surface area (Å²) in [5.74, 6) is -11.2. The molecule has 16 rings (SSSR count). The highest BCUT2D eigenvalue weighted by molar-refractivity contribution is 7.22. The fourth-order valence-electron chi connectivity index (χ4n) is 9.91. The average Bonchev–Trinajstić information content (AvgIpc) is 0.794. The number of aromatic nitrogens is 10. The lowest BCUT2D eigenvalue weighted by atomic mass is 10.0. The molecular formula is C81H87Cl2F5N20S4. The van der Waals surface area contributed by atoms with Crippen molar-refractivity contribution in [1.29, 1.82) is 10.5 Å². The van der Waals surface area contributed by atoms with Gasteiger partial charge >= 0.3 is 0 Å². The molecule has 3 unspecified atom stereocenters. The second-order valence-corrected chi connectivity index (χ2v) is 29.2. The van der Waals surface area contributed by atoms with E-state index in [-0.39, 0.29) is 111 Å². The third-order valence-electron chi connectivity index (χ3n) is 15.4. The molecule has 20 nitrogen and oxygen atoms in total. The Balaban J connectivity index is 0.000000170. The van der Waals surface area contributed by atoms with Crippen LogP contribution in [0.15, 0.2) is 110 Å². The third-order valence-corrected chi connectivity index (χ3v) is 20.3. The summed E-state index contributed by atoms with van der Waals surface area (Å²) in [6, 6.07) is 1.67. The molecule has 4 fully saturated rings. The zero-order valence-electron chi connectivity index (χ0n) is 101. The molecule has 31 heteroatoms. The number of nitrogens with one attached hydrogen (secondary N) is 4. The van der Waals surface area contributed by atoms with Crippen LogP contribution in [0.25, 0.3) is 41.1 Å². The van der Waals surface area contributed by atoms with Crippen molar-refractivity contribution in [1.82, 2.24) is 69.4 Å². The summed E-state index contributed by atoms with van der Waals surface area (Å²) in [5.41, 5.74) is -1.14. The lowest BCUT2D eigenvalue weighted by molar-refractivity contribution is 0.209. The Hall–Kier alpha value is -8.85. The summed E-state index contributed by atoms with van der Waals surface area (Å²) in [7, 11) is 0. The number of thiazole rings is 2. The standard InChI is InChI=1S/C22H24FN5S.C21H23FN6S.C20H23ClFN5S.C18H17ClF2N4S/c1-14(2)20-10-18-21(25-13-26-22(18)29-20)27-17-5-7-28(8-6-17)12-16-9-15(11-24)3-4-19(16)23;1-13(2)20-27-18-19(24-12-25-21(18)29-20)26-16-5-7-28(8-6-16)11-14-3-4-17(22)15(9-14)10-23;1-12(2)19-26-17-18(23-11-24-20(17)28-19)25-14-5-7-27(8-6-14)10-13-3-4-16(22)15(21)9-13;19-16-8-13-17(22-10-23-18(13)26-16)24-12-3-5-25(6-4-12)9-11-1-2-14(20)15(21)7-11/h3-4,9-10,13-14,17H,5-8,12H2,1-2H3,(H,25,26,27);3-4,9,12-13,16H,5-8,11H2,1-2H3,(H,24,25,26);3-4,9,11-12,14H,5-8,10H2,1-2H3,(H,23,24,25);1-2,7-8,10,12H,3-6,9H2,(H,22,23,24)/i5D2,6D2,10D,12D,13D,14D,17D;5D2,6D2,11D,12D,13D,16D;5D2,6D2,10D,11D,12D,14D;3D2,4D2,5D2,6D2,8D,9D2,10D,12D/hD4. The van der Waals surface area contributed by atoms with Gasteiger partial charge in [0.15, 0.2) is 28.9 Å². The molecule has 0 spiro atoms. The van der Waals surface area contributed by atoms with E-state index in [0.717, 1.165) is 79.0 Å². The first-order chi connectivity index (χ1) is 70.2. The van der Waals surface area contributed by atoms with E-state index < -0.39 is 271 Å². The van der Waals surface area contributed by atoms with Crippen LogP contribution in [0.4, 0.5) is 45.2 Å². The van der Waals surface area contributed by atoms with Crippen molar-refractivity contribution in [2.24, 2.45) is 0 Å². The molecule has 0 amide bonds. The molecular weight excluding hydrogens is 1550 g/mol. The van der Waals surface area contributed by atoms with Crippen molar-refractivity contribution in [3.63, 3.8) is 0 Å². The average molecular weight is 1680 g/mol. The number of rotatable bonds is 19. The number of hydrogen-bond donors (Lipinski definition) is 4. The zero-order valence-corrected chi connectivity index (χ0v) is 63.9. The van der Waals surface area contributed by atoms with E-state index in [1.165, 1.54) is 38.1 Å². The van der Waals surface area contributed by atoms with Crippen molar-refractivity contribution in [3.8, 4) is 12.1 Å². The van der Waals surface area contributed by atoms with E-state index >= 15 is 0 Å². The monoisotopic (exact) mass is 1670 g/mol. The zero-order chi connectivity index (χ0) is 116. The first kappa shape index (κ1) is 43.6. The number of hydrogen-bond acceptors (Lipinski definition) is 24. The van der Waals surface area contributed by atoms with Gasteiger partial charge in [0.05, 0.1) is 55.6 Å². The minimum absolute atomic E-state index is 0.0358. The van der Waals surface area contributed by atoms with Gasteiger partial charge in [-0.3, -0.25) is 19.6 Å². The molecule has 12 heterocycles. The number of benzene rings is 4. The van der Waals surface area contributed by atoms with Crippen LogP contribution in [-0.2, 0) is 26.1 Å². The summed E-state index contributed by atoms with van der Waals surface area (Å²) in [5, 5.41) is 18.6. The molecule has 0 saturated carbocycles. The Labute approximate surface area is 733 Å². The van der Waals surface area contributed by atoms with Gasteiger partial charge in [0.2, 0.25) is 0 Å². The first-order valence-corrected chi connectivity index (χ1v) is 37.0. The smallest absolute Gasteiger partial charge is 0.162 e. The first-order valence-electron chi connectivity index (χ1n) is 54.0. The van der Waals surface area contributed by atoms with Crippen LogP contribution in [0.3, 0.4) is 0 Å². The largest absolute Gasteiger partial charge is 0.367 e. The normalized spacial score (nSPS) is 28.3. The molecule has 4 aromatic carbocycles. The molecule has 8 aromatic heterocycles. The van der Waals surface area contributed by atoms with Crippen molar-refractivity contribution < 1.29 is 79.7 Å². The Kier molecular flexibility index (Phi) is 14.7. The Morgan fingerprint density at radius 3 is 1.46 bits per heavy atom. The van der Waals surface area contributed by atoms with Gasteiger partial charge in [0.25, 0.3) is 0 Å². The number of anilines is 4. The summed E-state index contributed by atoms with van der Waals surface area (Å²) < 4.78 is 428. The Morgan fingerprint density at radius 1 is 0.500 bits per heavy atom. The van der Waals surface area contributed by atoms with E-state index in [1.807, 2.05) is 6.07 Å². The van der Waals surface area contributed by atoms with Crippen molar-refractivity contribution >= 4 is 133 Å². The van der Waals surface area contributed by atoms with Crippen LogP contribution in [-0.4, -0.2) is 146 Å². The summed E-state index contributed by atoms with van der Waals surface area (Å²) in [6.45, 7) is -10.5. The fraction of sp³-hybridized carbons (Fsp3) is 0.407. The highest BCUT2D eigenvalue weighted by Gasteiger charge is 2.28. The third kappa shape index (κ3) is 21.1. The molecule has 0 aliphatic carbocycles. The maximum Gasteiger partial charge on any atom is 0.162 e. The Morgan fingerprint density at radius 2 is 0.955 bits per heavy atom. The predicted octanol–water partition coefficient (Wildman–Crippen LogP) is 19.0. The number of fused-ring (bicyclic) bond motifs is 4. The van der Waals surface area contributed by atoms with E-state index in [1.54, 1.807) is 33.8 Å². The van der Waals surface area contributed by atoms with Crippen LogP contribution in [0.5, 0.6) is 0 Å². The molecule has 0 bridgehead atoms. The minimum Gasteiger partial charge on any atom is -0.367 e. The molecule has 4 saturated heterocycles.